The molecule has 0 bridgehead atoms. The number of aromatic nitrogens is 6. The fourth-order valence-electron chi connectivity index (χ4n) is 4.44. The van der Waals surface area contributed by atoms with Gasteiger partial charge in [0.1, 0.15) is 16.5 Å². The summed E-state index contributed by atoms with van der Waals surface area (Å²) in [5.41, 5.74) is 3.48. The Hall–Kier alpha value is -4.38. The molecule has 3 aromatic heterocycles. The van der Waals surface area contributed by atoms with Crippen molar-refractivity contribution >= 4 is 28.1 Å². The van der Waals surface area contributed by atoms with Crippen LogP contribution >= 0.6 is 11.3 Å². The van der Waals surface area contributed by atoms with E-state index in [0.29, 0.717) is 23.5 Å². The van der Waals surface area contributed by atoms with E-state index in [9.17, 15) is 9.59 Å². The summed E-state index contributed by atoms with van der Waals surface area (Å²) < 4.78 is 6.96. The third-order valence-corrected chi connectivity index (χ3v) is 7.35. The third-order valence-electron chi connectivity index (χ3n) is 6.39. The fraction of sp³-hybridized carbons (Fsp3) is 0.231. The molecule has 1 aliphatic rings. The molecule has 0 fully saturated rings. The molecular weight excluding hydrogens is 490 g/mol. The predicted molar refractivity (Wildman–Crippen MR) is 138 cm³/mol. The normalized spacial score (nSPS) is 13.1. The molecule has 0 saturated heterocycles. The first-order valence-corrected chi connectivity index (χ1v) is 12.8. The lowest BCUT2D eigenvalue weighted by molar-refractivity contribution is 0.0651. The van der Waals surface area contributed by atoms with Gasteiger partial charge in [0.2, 0.25) is 10.8 Å². The van der Waals surface area contributed by atoms with Gasteiger partial charge in [-0.3, -0.25) is 19.6 Å². The molecule has 1 N–H and O–H groups in total. The number of fused-ring (bicyclic) bond motifs is 2. The number of methoxy groups -OCH3 is 1. The Morgan fingerprint density at radius 2 is 1.70 bits per heavy atom. The van der Waals surface area contributed by atoms with Crippen molar-refractivity contribution in [3.63, 3.8) is 0 Å². The molecule has 0 spiro atoms. The summed E-state index contributed by atoms with van der Waals surface area (Å²) in [7, 11) is 1.64. The molecule has 6 rings (SSSR count). The van der Waals surface area contributed by atoms with Gasteiger partial charge in [-0.25, -0.2) is 0 Å². The van der Waals surface area contributed by atoms with Gasteiger partial charge in [0.05, 0.1) is 23.9 Å². The van der Waals surface area contributed by atoms with Crippen molar-refractivity contribution in [2.45, 2.75) is 25.7 Å². The van der Waals surface area contributed by atoms with Crippen LogP contribution in [0.4, 0.5) is 0 Å². The molecule has 5 aromatic rings. The number of benzene rings is 2. The number of unbranched alkanes of at least 4 members (excludes halogenated alkanes) is 2. The van der Waals surface area contributed by atoms with Crippen molar-refractivity contribution in [2.24, 2.45) is 0 Å². The molecule has 0 saturated carbocycles. The quantitative estimate of drug-likeness (QED) is 0.231. The highest BCUT2D eigenvalue weighted by Gasteiger charge is 2.34. The highest BCUT2D eigenvalue weighted by molar-refractivity contribution is 7.16. The lowest BCUT2D eigenvalue weighted by Crippen LogP contribution is -2.30. The molecular formula is C26H23N7O3S. The van der Waals surface area contributed by atoms with Gasteiger partial charge >= 0.3 is 0 Å². The summed E-state index contributed by atoms with van der Waals surface area (Å²) in [6.07, 6.45) is 3.32. The first-order valence-electron chi connectivity index (χ1n) is 12.0. The van der Waals surface area contributed by atoms with E-state index in [4.69, 9.17) is 9.84 Å². The van der Waals surface area contributed by atoms with Crippen LogP contribution in [-0.2, 0) is 6.42 Å². The largest absolute Gasteiger partial charge is 0.497 e. The summed E-state index contributed by atoms with van der Waals surface area (Å²) in [4.78, 5) is 27.0. The number of hydrogen-bond acceptors (Lipinski definition) is 8. The number of hydrogen-bond donors (Lipinski definition) is 1. The maximum Gasteiger partial charge on any atom is 0.261 e. The van der Waals surface area contributed by atoms with Crippen LogP contribution in [0.1, 0.15) is 45.0 Å². The highest BCUT2D eigenvalue weighted by Crippen LogP contribution is 2.27. The van der Waals surface area contributed by atoms with Crippen molar-refractivity contribution < 1.29 is 14.3 Å². The molecule has 37 heavy (non-hydrogen) atoms. The monoisotopic (exact) mass is 513 g/mol. The van der Waals surface area contributed by atoms with E-state index >= 15 is 0 Å². The fourth-order valence-corrected chi connectivity index (χ4v) is 5.31. The molecule has 0 atom stereocenters. The van der Waals surface area contributed by atoms with E-state index in [1.165, 1.54) is 16.2 Å². The van der Waals surface area contributed by atoms with E-state index in [-0.39, 0.29) is 11.8 Å². The maximum absolute atomic E-state index is 12.5. The van der Waals surface area contributed by atoms with E-state index in [1.807, 2.05) is 30.3 Å². The summed E-state index contributed by atoms with van der Waals surface area (Å²) in [6.45, 7) is 0.429. The van der Waals surface area contributed by atoms with Crippen LogP contribution < -0.4 is 4.74 Å². The third kappa shape index (κ3) is 4.27. The Bertz CT molecular complexity index is 1570. The lowest BCUT2D eigenvalue weighted by atomic mass is 10.1. The topological polar surface area (TPSA) is 118 Å². The lowest BCUT2D eigenvalue weighted by Gasteiger charge is -2.13. The molecule has 4 heterocycles. The zero-order valence-electron chi connectivity index (χ0n) is 20.0. The second-order valence-electron chi connectivity index (χ2n) is 8.73. The number of aryl methyl sites for hydroxylation is 1. The van der Waals surface area contributed by atoms with Crippen LogP contribution in [0.5, 0.6) is 5.75 Å². The van der Waals surface area contributed by atoms with Crippen LogP contribution in [0, 0.1) is 0 Å². The average Bonchev–Trinajstić information content (AvgIpc) is 3.70. The first kappa shape index (κ1) is 23.0. The minimum atomic E-state index is -0.198. The number of carbonyl (C=O) groups excluding carboxylic acids is 2. The molecule has 0 unspecified atom stereocenters. The summed E-state index contributed by atoms with van der Waals surface area (Å²) in [5.74, 6) is 0.999. The Morgan fingerprint density at radius 3 is 2.43 bits per heavy atom. The van der Waals surface area contributed by atoms with Gasteiger partial charge in [0.15, 0.2) is 0 Å². The van der Waals surface area contributed by atoms with Crippen molar-refractivity contribution in [1.29, 1.82) is 0 Å². The van der Waals surface area contributed by atoms with Crippen molar-refractivity contribution in [2.75, 3.05) is 13.7 Å². The van der Waals surface area contributed by atoms with E-state index < -0.39 is 0 Å². The minimum Gasteiger partial charge on any atom is -0.497 e. The standard InChI is InChI=1S/C26H23N7O3S/c1-36-17-12-10-16(11-13-17)20-15-21(28-27-20)23-29-30-26-33(23)31-22(37-26)9-3-2-6-14-32-24(34)18-7-4-5-8-19(18)25(32)35/h4-5,7-8,10-13,15H,2-3,6,9,14H2,1H3,(H,27,28). The van der Waals surface area contributed by atoms with E-state index in [0.717, 1.165) is 58.4 Å². The van der Waals surface area contributed by atoms with Crippen molar-refractivity contribution in [3.8, 4) is 28.5 Å². The Labute approximate surface area is 215 Å². The Kier molecular flexibility index (Phi) is 5.97. The second kappa shape index (κ2) is 9.58. The van der Waals surface area contributed by atoms with Gasteiger partial charge in [-0.1, -0.05) is 29.9 Å². The summed E-state index contributed by atoms with van der Waals surface area (Å²) in [5, 5.41) is 21.7. The van der Waals surface area contributed by atoms with Gasteiger partial charge in [-0.2, -0.15) is 14.7 Å². The first-order chi connectivity index (χ1) is 18.1. The number of ether oxygens (including phenoxy) is 1. The number of nitrogens with zero attached hydrogens (tertiary/aromatic N) is 6. The Morgan fingerprint density at radius 1 is 0.946 bits per heavy atom. The molecule has 2 aromatic carbocycles. The average molecular weight is 514 g/mol. The van der Waals surface area contributed by atoms with Gasteiger partial charge in [-0.05, 0) is 55.3 Å². The molecule has 10 nitrogen and oxygen atoms in total. The summed E-state index contributed by atoms with van der Waals surface area (Å²) >= 11 is 1.51. The smallest absolute Gasteiger partial charge is 0.261 e. The van der Waals surface area contributed by atoms with Gasteiger partial charge in [0, 0.05) is 18.5 Å². The molecule has 2 amide bonds. The van der Waals surface area contributed by atoms with E-state index in [1.54, 1.807) is 35.9 Å². The van der Waals surface area contributed by atoms with Gasteiger partial charge in [-0.15, -0.1) is 10.2 Å². The number of nitrogens with one attached hydrogen (secondary N) is 1. The SMILES string of the molecule is COc1ccc(-c2cc(-c3nnc4sc(CCCCCN5C(=O)c6ccccc6C5=O)nn34)[nH]n2)cc1. The minimum absolute atomic E-state index is 0.198. The maximum atomic E-state index is 12.5. The second-order valence-corrected chi connectivity index (χ2v) is 9.77. The zero-order chi connectivity index (χ0) is 25.4. The zero-order valence-corrected chi connectivity index (χ0v) is 20.9. The van der Waals surface area contributed by atoms with Crippen LogP contribution in [0.3, 0.4) is 0 Å². The highest BCUT2D eigenvalue weighted by atomic mass is 32.1. The Balaban J connectivity index is 1.06. The van der Waals surface area contributed by atoms with Crippen molar-refractivity contribution in [1.82, 2.24) is 34.9 Å². The number of H-pyrrole nitrogens is 1. The number of imide groups is 1. The number of aromatic amines is 1. The van der Waals surface area contributed by atoms with Crippen molar-refractivity contribution in [3.05, 3.63) is 70.7 Å². The summed E-state index contributed by atoms with van der Waals surface area (Å²) in [6, 6.07) is 16.6. The number of carbonyl (C=O) groups is 2. The van der Waals surface area contributed by atoms with Crippen LogP contribution in [0.2, 0.25) is 0 Å². The number of amides is 2. The van der Waals surface area contributed by atoms with Crippen LogP contribution in [-0.4, -0.2) is 60.4 Å². The van der Waals surface area contributed by atoms with Gasteiger partial charge < -0.3 is 4.74 Å². The van der Waals surface area contributed by atoms with Gasteiger partial charge in [0.25, 0.3) is 11.8 Å². The van der Waals surface area contributed by atoms with E-state index in [2.05, 4.69) is 20.4 Å². The molecule has 186 valence electrons. The molecule has 0 radical (unpaired) electrons. The predicted octanol–water partition coefficient (Wildman–Crippen LogP) is 4.26. The molecule has 11 heteroatoms. The molecule has 1 aliphatic heterocycles. The van der Waals surface area contributed by atoms with Crippen LogP contribution in [0.25, 0.3) is 27.7 Å². The number of rotatable bonds is 9. The molecule has 0 aliphatic carbocycles. The van der Waals surface area contributed by atoms with Crippen LogP contribution in [0.15, 0.2) is 54.6 Å².